The van der Waals surface area contributed by atoms with Crippen molar-refractivity contribution in [1.29, 1.82) is 0 Å². The maximum atomic E-state index is 11.8. The quantitative estimate of drug-likeness (QED) is 0.354. The molecule has 1 unspecified atom stereocenters. The van der Waals surface area contributed by atoms with Crippen molar-refractivity contribution in [3.63, 3.8) is 0 Å². The standard InChI is InChI=1S/C23H27N5O.C11H23NO3/c1-27-12-5-8-17(27)15-29-23-25-20-14-28(13-11-19(20)22(24)26-23)21-10-4-7-16-6-2-3-9-18(16)21;1-7-12(9(2)8-14-6)10(13)15-11(3,4)5/h2-4,6-7,9-10,17H,5,8,11-15H2,1H3,(H2,24,25,26);9H,7-8H2,1-6H3/t17-;/m0./s1. The van der Waals surface area contributed by atoms with E-state index < -0.39 is 5.60 Å². The van der Waals surface area contributed by atoms with Gasteiger partial charge in [0.2, 0.25) is 0 Å². The zero-order valence-electron chi connectivity index (χ0n) is 27.5. The predicted octanol–water partition coefficient (Wildman–Crippen LogP) is 5.53. The molecule has 2 aromatic carbocycles. The third-order valence-corrected chi connectivity index (χ3v) is 8.17. The second-order valence-corrected chi connectivity index (χ2v) is 12.6. The van der Waals surface area contributed by atoms with Crippen molar-refractivity contribution in [3.8, 4) is 6.01 Å². The van der Waals surface area contributed by atoms with E-state index in [1.165, 1.54) is 22.9 Å². The van der Waals surface area contributed by atoms with E-state index in [1.807, 2.05) is 34.6 Å². The van der Waals surface area contributed by atoms with Crippen molar-refractivity contribution in [3.05, 3.63) is 53.7 Å². The molecule has 3 heterocycles. The Morgan fingerprint density at radius 1 is 1.14 bits per heavy atom. The molecule has 2 N–H and O–H groups in total. The van der Waals surface area contributed by atoms with Gasteiger partial charge >= 0.3 is 12.1 Å². The molecule has 2 aliphatic heterocycles. The summed E-state index contributed by atoms with van der Waals surface area (Å²) in [5.41, 5.74) is 9.10. The molecule has 1 aromatic heterocycles. The molecular formula is C34H50N6O4. The molecule has 240 valence electrons. The van der Waals surface area contributed by atoms with Crippen LogP contribution in [0.4, 0.5) is 16.3 Å². The molecule has 1 saturated heterocycles. The maximum absolute atomic E-state index is 11.8. The zero-order valence-corrected chi connectivity index (χ0v) is 27.5. The summed E-state index contributed by atoms with van der Waals surface area (Å²) in [4.78, 5) is 27.3. The molecule has 5 rings (SSSR count). The normalized spacial score (nSPS) is 17.4. The highest BCUT2D eigenvalue weighted by Gasteiger charge is 2.26. The van der Waals surface area contributed by atoms with Crippen LogP contribution in [0.3, 0.4) is 0 Å². The number of methoxy groups -OCH3 is 1. The first-order valence-corrected chi connectivity index (χ1v) is 15.7. The van der Waals surface area contributed by atoms with E-state index >= 15 is 0 Å². The lowest BCUT2D eigenvalue weighted by Crippen LogP contribution is -2.43. The van der Waals surface area contributed by atoms with Gasteiger partial charge < -0.3 is 34.6 Å². The molecule has 1 amide bonds. The van der Waals surface area contributed by atoms with Gasteiger partial charge in [0.1, 0.15) is 18.0 Å². The van der Waals surface area contributed by atoms with Crippen LogP contribution < -0.4 is 15.4 Å². The first-order valence-electron chi connectivity index (χ1n) is 15.7. The number of amides is 1. The minimum atomic E-state index is -0.447. The summed E-state index contributed by atoms with van der Waals surface area (Å²) in [7, 11) is 3.77. The van der Waals surface area contributed by atoms with Gasteiger partial charge in [0, 0.05) is 42.9 Å². The number of nitrogen functional groups attached to an aromatic ring is 1. The number of nitrogens with zero attached hydrogens (tertiary/aromatic N) is 5. The number of ether oxygens (including phenoxy) is 3. The summed E-state index contributed by atoms with van der Waals surface area (Å²) in [6, 6.07) is 15.8. The van der Waals surface area contributed by atoms with Gasteiger partial charge in [0.15, 0.2) is 0 Å². The van der Waals surface area contributed by atoms with Crippen molar-refractivity contribution >= 4 is 28.4 Å². The van der Waals surface area contributed by atoms with Crippen LogP contribution >= 0.6 is 0 Å². The lowest BCUT2D eigenvalue weighted by molar-refractivity contribution is 0.00991. The molecule has 1 fully saturated rings. The van der Waals surface area contributed by atoms with E-state index in [0.717, 1.165) is 43.7 Å². The molecule has 0 saturated carbocycles. The van der Waals surface area contributed by atoms with E-state index in [1.54, 1.807) is 12.0 Å². The van der Waals surface area contributed by atoms with E-state index in [9.17, 15) is 4.79 Å². The second-order valence-electron chi connectivity index (χ2n) is 12.6. The summed E-state index contributed by atoms with van der Waals surface area (Å²) in [5.74, 6) is 0.558. The Bertz CT molecular complexity index is 1390. The molecule has 10 nitrogen and oxygen atoms in total. The summed E-state index contributed by atoms with van der Waals surface area (Å²) < 4.78 is 16.3. The van der Waals surface area contributed by atoms with Gasteiger partial charge in [-0.3, -0.25) is 0 Å². The number of fused-ring (bicyclic) bond motifs is 2. The minimum Gasteiger partial charge on any atom is -0.462 e. The summed E-state index contributed by atoms with van der Waals surface area (Å²) in [6.07, 6.45) is 2.94. The number of likely N-dealkylation sites (tertiary alicyclic amines) is 1. The Balaban J connectivity index is 0.000000252. The Hall–Kier alpha value is -3.63. The molecular weight excluding hydrogens is 556 g/mol. The molecule has 0 bridgehead atoms. The molecule has 44 heavy (non-hydrogen) atoms. The molecule has 2 aliphatic rings. The third-order valence-electron chi connectivity index (χ3n) is 8.17. The number of rotatable bonds is 8. The van der Waals surface area contributed by atoms with E-state index in [-0.39, 0.29) is 12.1 Å². The topological polar surface area (TPSA) is 106 Å². The molecule has 10 heteroatoms. The lowest BCUT2D eigenvalue weighted by atomic mass is 10.0. The summed E-state index contributed by atoms with van der Waals surface area (Å²) in [5, 5.41) is 2.52. The first-order chi connectivity index (χ1) is 21.0. The Kier molecular flexibility index (Phi) is 11.3. The smallest absolute Gasteiger partial charge is 0.410 e. The van der Waals surface area contributed by atoms with Gasteiger partial charge in [-0.25, -0.2) is 4.79 Å². The lowest BCUT2D eigenvalue weighted by Gasteiger charge is -2.31. The summed E-state index contributed by atoms with van der Waals surface area (Å²) in [6.45, 7) is 14.0. The van der Waals surface area contributed by atoms with Crippen LogP contribution in [-0.2, 0) is 22.4 Å². The number of nitrogens with two attached hydrogens (primary N) is 1. The molecule has 0 spiro atoms. The van der Waals surface area contributed by atoms with E-state index in [4.69, 9.17) is 24.9 Å². The minimum absolute atomic E-state index is 0.0369. The zero-order chi connectivity index (χ0) is 31.9. The number of likely N-dealkylation sites (N-methyl/N-ethyl adjacent to an activating group) is 2. The number of anilines is 2. The van der Waals surface area contributed by atoms with Gasteiger partial charge in [-0.1, -0.05) is 36.4 Å². The van der Waals surface area contributed by atoms with Crippen molar-refractivity contribution in [2.75, 3.05) is 57.6 Å². The van der Waals surface area contributed by atoms with Crippen molar-refractivity contribution < 1.29 is 19.0 Å². The van der Waals surface area contributed by atoms with Crippen LogP contribution in [0.5, 0.6) is 6.01 Å². The summed E-state index contributed by atoms with van der Waals surface area (Å²) >= 11 is 0. The largest absolute Gasteiger partial charge is 0.462 e. The van der Waals surface area contributed by atoms with Crippen molar-refractivity contribution in [2.24, 2.45) is 0 Å². The van der Waals surface area contributed by atoms with E-state index in [2.05, 4.69) is 64.3 Å². The molecule has 0 aliphatic carbocycles. The first kappa shape index (κ1) is 33.3. The van der Waals surface area contributed by atoms with Crippen LogP contribution in [0.15, 0.2) is 42.5 Å². The van der Waals surface area contributed by atoms with Crippen LogP contribution in [0, 0.1) is 0 Å². The van der Waals surface area contributed by atoms with Crippen LogP contribution in [0.25, 0.3) is 10.8 Å². The van der Waals surface area contributed by atoms with Gasteiger partial charge in [-0.15, -0.1) is 0 Å². The van der Waals surface area contributed by atoms with Crippen LogP contribution in [0.1, 0.15) is 58.7 Å². The van der Waals surface area contributed by atoms with Crippen LogP contribution in [0.2, 0.25) is 0 Å². The fourth-order valence-corrected chi connectivity index (χ4v) is 5.82. The monoisotopic (exact) mass is 606 g/mol. The molecule has 0 radical (unpaired) electrons. The van der Waals surface area contributed by atoms with Gasteiger partial charge in [-0.05, 0) is 78.9 Å². The number of hydrogen-bond acceptors (Lipinski definition) is 9. The molecule has 3 aromatic rings. The van der Waals surface area contributed by atoms with Gasteiger partial charge in [0.25, 0.3) is 0 Å². The van der Waals surface area contributed by atoms with Crippen LogP contribution in [-0.4, -0.2) is 90.6 Å². The SMILES string of the molecule is CCN(C(=O)OC(C)(C)C)C(C)COC.CN1CCC[C@H]1COc1nc(N)c2c(n1)CN(c1cccc3ccccc13)CC2. The highest BCUT2D eigenvalue weighted by molar-refractivity contribution is 5.94. The highest BCUT2D eigenvalue weighted by Crippen LogP contribution is 2.32. The Morgan fingerprint density at radius 2 is 1.89 bits per heavy atom. The number of carbonyl (C=O) groups is 1. The average molecular weight is 607 g/mol. The van der Waals surface area contributed by atoms with Crippen molar-refractivity contribution in [2.45, 2.75) is 78.1 Å². The number of aromatic nitrogens is 2. The Morgan fingerprint density at radius 3 is 2.57 bits per heavy atom. The highest BCUT2D eigenvalue weighted by atomic mass is 16.6. The number of hydrogen-bond donors (Lipinski definition) is 1. The fourth-order valence-electron chi connectivity index (χ4n) is 5.82. The van der Waals surface area contributed by atoms with Gasteiger partial charge in [-0.2, -0.15) is 9.97 Å². The van der Waals surface area contributed by atoms with Gasteiger partial charge in [0.05, 0.1) is 24.9 Å². The number of carbonyl (C=O) groups excluding carboxylic acids is 1. The second kappa shape index (κ2) is 14.9. The van der Waals surface area contributed by atoms with Crippen molar-refractivity contribution in [1.82, 2.24) is 19.8 Å². The molecule has 2 atom stereocenters. The third kappa shape index (κ3) is 8.51. The average Bonchev–Trinajstić information content (AvgIpc) is 3.40. The number of benzene rings is 2. The fraction of sp³-hybridized carbons (Fsp3) is 0.559. The maximum Gasteiger partial charge on any atom is 0.410 e. The predicted molar refractivity (Wildman–Crippen MR) is 176 cm³/mol. The van der Waals surface area contributed by atoms with E-state index in [0.29, 0.717) is 37.6 Å². The Labute approximate surface area is 262 Å².